The van der Waals surface area contributed by atoms with E-state index in [4.69, 9.17) is 9.15 Å². The van der Waals surface area contributed by atoms with E-state index in [1.807, 2.05) is 31.2 Å². The van der Waals surface area contributed by atoms with Gasteiger partial charge < -0.3 is 19.4 Å². The monoisotopic (exact) mass is 488 g/mol. The first kappa shape index (κ1) is 24.3. The maximum Gasteiger partial charge on any atom is 0.330 e. The van der Waals surface area contributed by atoms with Crippen LogP contribution in [-0.2, 0) is 27.4 Å². The summed E-state index contributed by atoms with van der Waals surface area (Å²) < 4.78 is 10.3. The Morgan fingerprint density at radius 3 is 2.58 bits per heavy atom. The molecule has 1 N–H and O–H groups in total. The third-order valence-electron chi connectivity index (χ3n) is 5.28. The van der Waals surface area contributed by atoms with Gasteiger partial charge in [-0.3, -0.25) is 9.59 Å². The van der Waals surface area contributed by atoms with Crippen LogP contribution in [0.4, 0.5) is 5.69 Å². The molecule has 0 fully saturated rings. The summed E-state index contributed by atoms with van der Waals surface area (Å²) in [5.41, 5.74) is 2.53. The third-order valence-corrected chi connectivity index (χ3v) is 5.28. The number of rotatable bonds is 9. The molecule has 0 saturated heterocycles. The number of furan rings is 1. The first-order chi connectivity index (χ1) is 17.4. The Bertz CT molecular complexity index is 1350. The van der Waals surface area contributed by atoms with Gasteiger partial charge in [0, 0.05) is 12.6 Å². The average Bonchev–Trinajstić information content (AvgIpc) is 3.58. The van der Waals surface area contributed by atoms with Gasteiger partial charge in [0.15, 0.2) is 13.2 Å². The van der Waals surface area contributed by atoms with Gasteiger partial charge in [-0.25, -0.2) is 4.79 Å². The predicted molar refractivity (Wildman–Crippen MR) is 129 cm³/mol. The van der Waals surface area contributed by atoms with Crippen LogP contribution in [0.3, 0.4) is 0 Å². The van der Waals surface area contributed by atoms with Gasteiger partial charge in [-0.05, 0) is 36.4 Å². The van der Waals surface area contributed by atoms with Gasteiger partial charge in [-0.1, -0.05) is 42.0 Å². The fourth-order valence-corrected chi connectivity index (χ4v) is 3.30. The van der Waals surface area contributed by atoms with Crippen LogP contribution in [0.1, 0.15) is 21.7 Å². The minimum atomic E-state index is -0.700. The second-order valence-corrected chi connectivity index (χ2v) is 7.90. The number of nitrogens with zero attached hydrogens (tertiary/aromatic N) is 5. The fraction of sp³-hybridized carbons (Fsp3) is 0.200. The first-order valence-corrected chi connectivity index (χ1v) is 11.1. The van der Waals surface area contributed by atoms with Crippen LogP contribution in [0.5, 0.6) is 0 Å². The topological polar surface area (TPSA) is 132 Å². The molecule has 4 rings (SSSR count). The zero-order valence-corrected chi connectivity index (χ0v) is 19.7. The number of nitrogens with one attached hydrogen (secondary N) is 1. The molecule has 2 aromatic heterocycles. The maximum absolute atomic E-state index is 12.7. The Balaban J connectivity index is 1.31. The smallest absolute Gasteiger partial charge is 0.330 e. The Morgan fingerprint density at radius 1 is 1.06 bits per heavy atom. The molecular formula is C25H24N6O5. The van der Waals surface area contributed by atoms with Crippen LogP contribution in [0.15, 0.2) is 71.3 Å². The summed E-state index contributed by atoms with van der Waals surface area (Å²) in [5, 5.41) is 14.7. The largest absolute Gasteiger partial charge is 0.467 e. The highest BCUT2D eigenvalue weighted by molar-refractivity contribution is 6.05. The number of esters is 1. The lowest BCUT2D eigenvalue weighted by Gasteiger charge is -2.20. The molecule has 0 bridgehead atoms. The van der Waals surface area contributed by atoms with E-state index >= 15 is 0 Å². The lowest BCUT2D eigenvalue weighted by atomic mass is 10.1. The summed E-state index contributed by atoms with van der Waals surface area (Å²) in [6.45, 7) is 1.36. The number of carbonyl (C=O) groups excluding carboxylic acids is 3. The molecule has 0 radical (unpaired) electrons. The summed E-state index contributed by atoms with van der Waals surface area (Å²) in [7, 11) is 1.50. The van der Waals surface area contributed by atoms with Crippen LogP contribution in [-0.4, -0.2) is 51.6 Å². The van der Waals surface area contributed by atoms with E-state index in [-0.39, 0.29) is 19.0 Å². The van der Waals surface area contributed by atoms with Crippen molar-refractivity contribution in [3.63, 3.8) is 0 Å². The normalized spacial score (nSPS) is 10.6. The molecule has 0 aliphatic rings. The molecule has 11 nitrogen and oxygen atoms in total. The Hall–Kier alpha value is -4.80. The number of tetrazole rings is 1. The van der Waals surface area contributed by atoms with E-state index in [1.54, 1.807) is 36.4 Å². The highest BCUT2D eigenvalue weighted by atomic mass is 16.5. The number of ether oxygens (including phenoxy) is 1. The van der Waals surface area contributed by atoms with Crippen LogP contribution in [0.2, 0.25) is 0 Å². The molecule has 0 aliphatic carbocycles. The van der Waals surface area contributed by atoms with Gasteiger partial charge in [0.1, 0.15) is 5.76 Å². The number of likely N-dealkylation sites (N-methyl/N-ethyl adjacent to an activating group) is 1. The second kappa shape index (κ2) is 11.1. The fourth-order valence-electron chi connectivity index (χ4n) is 3.30. The Kier molecular flexibility index (Phi) is 7.49. The molecule has 36 heavy (non-hydrogen) atoms. The summed E-state index contributed by atoms with van der Waals surface area (Å²) in [4.78, 5) is 40.0. The predicted octanol–water partition coefficient (Wildman–Crippen LogP) is 2.38. The van der Waals surface area contributed by atoms with Gasteiger partial charge in [0.25, 0.3) is 11.8 Å². The molecule has 2 heterocycles. The van der Waals surface area contributed by atoms with E-state index in [1.165, 1.54) is 18.2 Å². The number of benzene rings is 2. The van der Waals surface area contributed by atoms with Crippen molar-refractivity contribution in [2.45, 2.75) is 20.0 Å². The summed E-state index contributed by atoms with van der Waals surface area (Å²) >= 11 is 0. The average molecular weight is 489 g/mol. The Morgan fingerprint density at radius 2 is 1.83 bits per heavy atom. The van der Waals surface area contributed by atoms with E-state index in [9.17, 15) is 14.4 Å². The van der Waals surface area contributed by atoms with Crippen molar-refractivity contribution in [1.29, 1.82) is 0 Å². The summed E-state index contributed by atoms with van der Waals surface area (Å²) in [5.74, 6) is -0.610. The molecule has 0 atom stereocenters. The van der Waals surface area contributed by atoms with Gasteiger partial charge in [0.2, 0.25) is 5.82 Å². The molecule has 0 unspecified atom stereocenters. The number of amides is 2. The number of anilines is 1. The SMILES string of the molecule is Cc1ccc(-c2nnn(CC(=O)OCC(=O)N(C)c3ccccc3C(=O)NCc3ccco3)n2)cc1. The molecule has 0 spiro atoms. The number of hydrogen-bond donors (Lipinski definition) is 1. The first-order valence-electron chi connectivity index (χ1n) is 11.1. The minimum Gasteiger partial charge on any atom is -0.467 e. The lowest BCUT2D eigenvalue weighted by Crippen LogP contribution is -2.34. The van der Waals surface area contributed by atoms with Gasteiger partial charge in [0.05, 0.1) is 24.1 Å². The lowest BCUT2D eigenvalue weighted by molar-refractivity contribution is -0.148. The molecule has 184 valence electrons. The zero-order chi connectivity index (χ0) is 25.5. The van der Waals surface area contributed by atoms with Crippen molar-refractivity contribution in [2.24, 2.45) is 0 Å². The number of aromatic nitrogens is 4. The maximum atomic E-state index is 12.7. The summed E-state index contributed by atoms with van der Waals surface area (Å²) in [6, 6.07) is 17.7. The van der Waals surface area contributed by atoms with Crippen molar-refractivity contribution in [1.82, 2.24) is 25.5 Å². The zero-order valence-electron chi connectivity index (χ0n) is 19.7. The third kappa shape index (κ3) is 6.00. The van der Waals surface area contributed by atoms with Crippen LogP contribution < -0.4 is 10.2 Å². The Labute approximate surface area is 206 Å². The van der Waals surface area contributed by atoms with Crippen LogP contribution in [0, 0.1) is 6.92 Å². The molecule has 0 aliphatic heterocycles. The van der Waals surface area contributed by atoms with Crippen molar-refractivity contribution >= 4 is 23.5 Å². The molecular weight excluding hydrogens is 464 g/mol. The number of carbonyl (C=O) groups is 3. The van der Waals surface area contributed by atoms with Crippen molar-refractivity contribution in [3.05, 3.63) is 83.8 Å². The minimum absolute atomic E-state index is 0.206. The number of para-hydroxylation sites is 1. The van der Waals surface area contributed by atoms with Crippen molar-refractivity contribution in [3.8, 4) is 11.4 Å². The van der Waals surface area contributed by atoms with Gasteiger partial charge in [-0.15, -0.1) is 10.2 Å². The van der Waals surface area contributed by atoms with E-state index in [0.29, 0.717) is 22.8 Å². The standard InChI is InChI=1S/C25H24N6O5/c1-17-9-11-18(12-10-17)24-27-29-31(28-24)15-23(33)36-16-22(32)30(2)21-8-4-3-7-20(21)25(34)26-14-19-6-5-13-35-19/h3-13H,14-16H2,1-2H3,(H,26,34). The molecule has 4 aromatic rings. The number of hydrogen-bond acceptors (Lipinski definition) is 8. The van der Waals surface area contributed by atoms with Crippen LogP contribution >= 0.6 is 0 Å². The van der Waals surface area contributed by atoms with Crippen molar-refractivity contribution < 1.29 is 23.5 Å². The number of aryl methyl sites for hydroxylation is 1. The molecule has 2 aromatic carbocycles. The van der Waals surface area contributed by atoms with Crippen LogP contribution in [0.25, 0.3) is 11.4 Å². The highest BCUT2D eigenvalue weighted by Gasteiger charge is 2.20. The molecule has 0 saturated carbocycles. The highest BCUT2D eigenvalue weighted by Crippen LogP contribution is 2.20. The van der Waals surface area contributed by atoms with E-state index in [0.717, 1.165) is 15.9 Å². The molecule has 2 amide bonds. The quantitative estimate of drug-likeness (QED) is 0.355. The second-order valence-electron chi connectivity index (χ2n) is 7.90. The van der Waals surface area contributed by atoms with E-state index in [2.05, 4.69) is 20.7 Å². The van der Waals surface area contributed by atoms with E-state index < -0.39 is 18.5 Å². The van der Waals surface area contributed by atoms with Crippen molar-refractivity contribution in [2.75, 3.05) is 18.6 Å². The van der Waals surface area contributed by atoms with Gasteiger partial charge >= 0.3 is 5.97 Å². The van der Waals surface area contributed by atoms with Gasteiger partial charge in [-0.2, -0.15) is 4.80 Å². The molecule has 11 heteroatoms. The summed E-state index contributed by atoms with van der Waals surface area (Å²) in [6.07, 6.45) is 1.52.